The van der Waals surface area contributed by atoms with Crippen LogP contribution in [0.3, 0.4) is 0 Å². The standard InChI is InChI=1S/C14H27NO2/c1-11(2)14(3,4)15(5)13(16)10-12-6-8-17-9-7-12/h11-12H,6-10H2,1-5H3. The largest absolute Gasteiger partial charge is 0.381 e. The maximum Gasteiger partial charge on any atom is 0.223 e. The lowest BCUT2D eigenvalue weighted by atomic mass is 9.88. The van der Waals surface area contributed by atoms with Gasteiger partial charge in [0, 0.05) is 32.2 Å². The summed E-state index contributed by atoms with van der Waals surface area (Å²) in [6.07, 6.45) is 2.74. The van der Waals surface area contributed by atoms with E-state index in [1.54, 1.807) is 0 Å². The minimum Gasteiger partial charge on any atom is -0.381 e. The Morgan fingerprint density at radius 2 is 1.88 bits per heavy atom. The van der Waals surface area contributed by atoms with Gasteiger partial charge in [-0.25, -0.2) is 0 Å². The van der Waals surface area contributed by atoms with Crippen LogP contribution in [-0.4, -0.2) is 36.6 Å². The van der Waals surface area contributed by atoms with Crippen molar-refractivity contribution in [1.82, 2.24) is 4.90 Å². The zero-order chi connectivity index (χ0) is 13.1. The van der Waals surface area contributed by atoms with Gasteiger partial charge in [0.05, 0.1) is 0 Å². The summed E-state index contributed by atoms with van der Waals surface area (Å²) in [7, 11) is 1.93. The van der Waals surface area contributed by atoms with Crippen LogP contribution < -0.4 is 0 Å². The zero-order valence-corrected chi connectivity index (χ0v) is 12.0. The molecule has 1 aliphatic rings. The Balaban J connectivity index is 2.51. The predicted octanol–water partition coefficient (Wildman–Crippen LogP) is 2.70. The van der Waals surface area contributed by atoms with Gasteiger partial charge in [-0.1, -0.05) is 13.8 Å². The summed E-state index contributed by atoms with van der Waals surface area (Å²) in [6, 6.07) is 0. The average molecular weight is 241 g/mol. The van der Waals surface area contributed by atoms with Crippen molar-refractivity contribution in [3.63, 3.8) is 0 Å². The van der Waals surface area contributed by atoms with Crippen LogP contribution in [0.5, 0.6) is 0 Å². The van der Waals surface area contributed by atoms with E-state index >= 15 is 0 Å². The SMILES string of the molecule is CC(C)C(C)(C)N(C)C(=O)CC1CCOCC1. The average Bonchev–Trinajstić information content (AvgIpc) is 2.29. The smallest absolute Gasteiger partial charge is 0.223 e. The van der Waals surface area contributed by atoms with E-state index in [0.717, 1.165) is 26.1 Å². The topological polar surface area (TPSA) is 29.5 Å². The van der Waals surface area contributed by atoms with Crippen molar-refractivity contribution in [2.75, 3.05) is 20.3 Å². The van der Waals surface area contributed by atoms with Crippen LogP contribution in [-0.2, 0) is 9.53 Å². The molecule has 17 heavy (non-hydrogen) atoms. The number of rotatable bonds is 4. The molecule has 0 radical (unpaired) electrons. The van der Waals surface area contributed by atoms with E-state index < -0.39 is 0 Å². The minimum absolute atomic E-state index is 0.0672. The number of carbonyl (C=O) groups excluding carboxylic acids is 1. The molecule has 0 aromatic carbocycles. The van der Waals surface area contributed by atoms with Gasteiger partial charge in [-0.15, -0.1) is 0 Å². The lowest BCUT2D eigenvalue weighted by molar-refractivity contribution is -0.137. The number of hydrogen-bond donors (Lipinski definition) is 0. The third kappa shape index (κ3) is 3.70. The first-order chi connectivity index (χ1) is 7.85. The zero-order valence-electron chi connectivity index (χ0n) is 12.0. The number of ether oxygens (including phenoxy) is 1. The van der Waals surface area contributed by atoms with Crippen molar-refractivity contribution in [2.45, 2.75) is 52.5 Å². The normalized spacial score (nSPS) is 18.5. The number of carbonyl (C=O) groups is 1. The Bertz CT molecular complexity index is 255. The summed E-state index contributed by atoms with van der Waals surface area (Å²) >= 11 is 0. The fourth-order valence-corrected chi connectivity index (χ4v) is 2.04. The van der Waals surface area contributed by atoms with E-state index in [-0.39, 0.29) is 11.4 Å². The summed E-state index contributed by atoms with van der Waals surface area (Å²) in [5.74, 6) is 1.25. The van der Waals surface area contributed by atoms with Crippen molar-refractivity contribution in [1.29, 1.82) is 0 Å². The molecule has 0 saturated carbocycles. The molecule has 0 atom stereocenters. The first-order valence-electron chi connectivity index (χ1n) is 6.70. The van der Waals surface area contributed by atoms with Gasteiger partial charge in [-0.05, 0) is 38.5 Å². The van der Waals surface area contributed by atoms with Crippen molar-refractivity contribution >= 4 is 5.91 Å². The second-order valence-electron chi connectivity index (χ2n) is 6.02. The Morgan fingerprint density at radius 1 is 1.35 bits per heavy atom. The van der Waals surface area contributed by atoms with E-state index in [1.807, 2.05) is 11.9 Å². The summed E-state index contributed by atoms with van der Waals surface area (Å²) in [6.45, 7) is 10.2. The Labute approximate surface area is 106 Å². The Hall–Kier alpha value is -0.570. The highest BCUT2D eigenvalue weighted by molar-refractivity contribution is 5.77. The lowest BCUT2D eigenvalue weighted by Crippen LogP contribution is -2.49. The van der Waals surface area contributed by atoms with Crippen LogP contribution in [0.25, 0.3) is 0 Å². The van der Waals surface area contributed by atoms with Gasteiger partial charge in [0.2, 0.25) is 5.91 Å². The Morgan fingerprint density at radius 3 is 2.35 bits per heavy atom. The van der Waals surface area contributed by atoms with Crippen LogP contribution in [0.1, 0.15) is 47.0 Å². The van der Waals surface area contributed by atoms with Crippen molar-refractivity contribution in [2.24, 2.45) is 11.8 Å². The monoisotopic (exact) mass is 241 g/mol. The number of nitrogens with zero attached hydrogens (tertiary/aromatic N) is 1. The number of hydrogen-bond acceptors (Lipinski definition) is 2. The van der Waals surface area contributed by atoms with E-state index in [1.165, 1.54) is 0 Å². The van der Waals surface area contributed by atoms with Gasteiger partial charge in [0.15, 0.2) is 0 Å². The molecule has 0 spiro atoms. The molecule has 0 unspecified atom stereocenters. The van der Waals surface area contributed by atoms with Gasteiger partial charge >= 0.3 is 0 Å². The highest BCUT2D eigenvalue weighted by Gasteiger charge is 2.31. The van der Waals surface area contributed by atoms with Gasteiger partial charge < -0.3 is 9.64 Å². The second-order valence-corrected chi connectivity index (χ2v) is 6.02. The van der Waals surface area contributed by atoms with Crippen molar-refractivity contribution < 1.29 is 9.53 Å². The summed E-state index contributed by atoms with van der Waals surface area (Å²) in [5.41, 5.74) is -0.0672. The van der Waals surface area contributed by atoms with E-state index in [4.69, 9.17) is 4.74 Å². The molecular formula is C14H27NO2. The summed E-state index contributed by atoms with van der Waals surface area (Å²) in [4.78, 5) is 14.2. The third-order valence-electron chi connectivity index (χ3n) is 4.46. The molecule has 0 aliphatic carbocycles. The summed E-state index contributed by atoms with van der Waals surface area (Å²) in [5, 5.41) is 0. The highest BCUT2D eigenvalue weighted by atomic mass is 16.5. The maximum atomic E-state index is 12.2. The molecule has 1 saturated heterocycles. The fraction of sp³-hybridized carbons (Fsp3) is 0.929. The van der Waals surface area contributed by atoms with Crippen LogP contribution in [0.2, 0.25) is 0 Å². The van der Waals surface area contributed by atoms with Crippen LogP contribution in [0.4, 0.5) is 0 Å². The second kappa shape index (κ2) is 5.85. The fourth-order valence-electron chi connectivity index (χ4n) is 2.04. The predicted molar refractivity (Wildman–Crippen MR) is 69.8 cm³/mol. The van der Waals surface area contributed by atoms with Gasteiger partial charge in [0.1, 0.15) is 0 Å². The maximum absolute atomic E-state index is 12.2. The van der Waals surface area contributed by atoms with E-state index in [9.17, 15) is 4.79 Å². The lowest BCUT2D eigenvalue weighted by Gasteiger charge is -2.40. The van der Waals surface area contributed by atoms with E-state index in [2.05, 4.69) is 27.7 Å². The van der Waals surface area contributed by atoms with Crippen molar-refractivity contribution in [3.05, 3.63) is 0 Å². The number of amides is 1. The summed E-state index contributed by atoms with van der Waals surface area (Å²) < 4.78 is 5.32. The molecule has 100 valence electrons. The molecule has 1 amide bonds. The molecule has 0 bridgehead atoms. The van der Waals surface area contributed by atoms with Crippen molar-refractivity contribution in [3.8, 4) is 0 Å². The van der Waals surface area contributed by atoms with Crippen LogP contribution in [0, 0.1) is 11.8 Å². The quantitative estimate of drug-likeness (QED) is 0.757. The molecule has 1 rings (SSSR count). The molecule has 1 heterocycles. The molecule has 3 nitrogen and oxygen atoms in total. The molecule has 3 heteroatoms. The third-order valence-corrected chi connectivity index (χ3v) is 4.46. The molecule has 0 aromatic rings. The molecule has 0 aromatic heterocycles. The molecule has 1 fully saturated rings. The first-order valence-corrected chi connectivity index (χ1v) is 6.70. The van der Waals surface area contributed by atoms with Crippen LogP contribution >= 0.6 is 0 Å². The van der Waals surface area contributed by atoms with E-state index in [0.29, 0.717) is 18.3 Å². The molecule has 1 aliphatic heterocycles. The highest BCUT2D eigenvalue weighted by Crippen LogP contribution is 2.26. The molecular weight excluding hydrogens is 214 g/mol. The van der Waals surface area contributed by atoms with Gasteiger partial charge in [-0.3, -0.25) is 4.79 Å². The minimum atomic E-state index is -0.0672. The Kier molecular flexibility index (Phi) is 4.99. The molecule has 0 N–H and O–H groups in total. The van der Waals surface area contributed by atoms with Gasteiger partial charge in [-0.2, -0.15) is 0 Å². The van der Waals surface area contributed by atoms with Gasteiger partial charge in [0.25, 0.3) is 0 Å². The first kappa shape index (κ1) is 14.5. The van der Waals surface area contributed by atoms with Crippen LogP contribution in [0.15, 0.2) is 0 Å².